The van der Waals surface area contributed by atoms with E-state index < -0.39 is 19.1 Å². The Morgan fingerprint density at radius 2 is 1.94 bits per heavy atom. The van der Waals surface area contributed by atoms with Gasteiger partial charge in [0, 0.05) is 0 Å². The van der Waals surface area contributed by atoms with Crippen molar-refractivity contribution in [3.05, 3.63) is 20.8 Å². The minimum absolute atomic E-state index is 0.129. The third-order valence-electron chi connectivity index (χ3n) is 2.29. The molecule has 12 heteroatoms. The van der Waals surface area contributed by atoms with Crippen molar-refractivity contribution in [3.8, 4) is 6.01 Å². The van der Waals surface area contributed by atoms with Crippen LogP contribution in [0.15, 0.2) is 9.59 Å². The summed E-state index contributed by atoms with van der Waals surface area (Å²) >= 11 is 3.70. The van der Waals surface area contributed by atoms with E-state index in [1.807, 2.05) is 0 Å². The molecule has 0 amide bonds. The van der Waals surface area contributed by atoms with Crippen molar-refractivity contribution in [3.63, 3.8) is 0 Å². The topological polar surface area (TPSA) is 107 Å². The number of hydrogen-bond donors (Lipinski definition) is 1. The Kier molecular flexibility index (Phi) is 1.28. The summed E-state index contributed by atoms with van der Waals surface area (Å²) in [6.07, 6.45) is 0. The summed E-state index contributed by atoms with van der Waals surface area (Å²) in [6.45, 7) is 0. The van der Waals surface area contributed by atoms with Crippen LogP contribution in [0.25, 0.3) is 11.2 Å². The maximum atomic E-state index is 11.8. The van der Waals surface area contributed by atoms with Crippen LogP contribution in [0.5, 0.6) is 6.01 Å². The van der Waals surface area contributed by atoms with Crippen LogP contribution in [0, 0.1) is 0 Å². The normalized spacial score (nSPS) is 23.6. The zero-order valence-electron chi connectivity index (χ0n) is 7.63. The van der Waals surface area contributed by atoms with Crippen LogP contribution in [-0.2, 0) is 4.57 Å². The highest BCUT2D eigenvalue weighted by molar-refractivity contribution is 7.78. The third kappa shape index (κ3) is 0.861. The van der Waals surface area contributed by atoms with Crippen LogP contribution in [0.3, 0.4) is 0 Å². The summed E-state index contributed by atoms with van der Waals surface area (Å²) in [6, 6.07) is -0.203. The molecule has 0 spiro atoms. The molecule has 17 heavy (non-hydrogen) atoms. The van der Waals surface area contributed by atoms with E-state index in [0.717, 1.165) is 4.73 Å². The van der Waals surface area contributed by atoms with Crippen molar-refractivity contribution in [1.29, 1.82) is 0 Å². The standard InChI is InChI=1S/C5HN4O6PS/c10-3-1-2-6-4-7(1)14-16(12,13-4)15-8(2)5(11)9(3)17/h17H. The molecule has 2 aromatic rings. The second kappa shape index (κ2) is 2.36. The van der Waals surface area contributed by atoms with Gasteiger partial charge < -0.3 is 4.52 Å². The summed E-state index contributed by atoms with van der Waals surface area (Å²) in [5.74, 6) is 0. The van der Waals surface area contributed by atoms with E-state index in [1.54, 1.807) is 0 Å². The zero-order chi connectivity index (χ0) is 11.9. The molecule has 5 heterocycles. The third-order valence-corrected chi connectivity index (χ3v) is 3.76. The Bertz CT molecular complexity index is 862. The van der Waals surface area contributed by atoms with Crippen molar-refractivity contribution in [1.82, 2.24) is 18.4 Å². The minimum Gasteiger partial charge on any atom is -0.346 e. The fourth-order valence-electron chi connectivity index (χ4n) is 1.62. The second-order valence-corrected chi connectivity index (χ2v) is 5.06. The lowest BCUT2D eigenvalue weighted by Crippen LogP contribution is -2.37. The monoisotopic (exact) mass is 276 g/mol. The molecule has 0 fully saturated rings. The van der Waals surface area contributed by atoms with Crippen molar-refractivity contribution >= 4 is 31.8 Å². The summed E-state index contributed by atoms with van der Waals surface area (Å²) in [5, 5.41) is 0. The molecule has 0 radical (unpaired) electrons. The molecule has 0 N–H and O–H groups in total. The average Bonchev–Trinajstić information content (AvgIpc) is 2.64. The molecule has 3 aliphatic heterocycles. The highest BCUT2D eigenvalue weighted by Crippen LogP contribution is 2.51. The second-order valence-electron chi connectivity index (χ2n) is 3.26. The van der Waals surface area contributed by atoms with E-state index in [4.69, 9.17) is 13.8 Å². The van der Waals surface area contributed by atoms with Gasteiger partial charge in [0.15, 0.2) is 5.52 Å². The largest absolute Gasteiger partial charge is 0.689 e. The molecule has 0 aromatic carbocycles. The summed E-state index contributed by atoms with van der Waals surface area (Å²) in [4.78, 5) is 27.2. The first-order valence-electron chi connectivity index (χ1n) is 4.20. The first-order valence-corrected chi connectivity index (χ1v) is 6.06. The van der Waals surface area contributed by atoms with Crippen molar-refractivity contribution < 1.29 is 18.3 Å². The maximum absolute atomic E-state index is 11.8. The molecule has 0 saturated carbocycles. The quantitative estimate of drug-likeness (QED) is 0.457. The Hall–Kier alpha value is -1.87. The number of imidazole rings is 1. The Morgan fingerprint density at radius 3 is 2.71 bits per heavy atom. The first-order chi connectivity index (χ1) is 8.00. The number of thiol groups is 1. The lowest BCUT2D eigenvalue weighted by Gasteiger charge is -2.06. The Morgan fingerprint density at radius 1 is 1.24 bits per heavy atom. The fourth-order valence-corrected chi connectivity index (χ4v) is 2.90. The number of rotatable bonds is 0. The number of phosphoric acid groups is 1. The van der Waals surface area contributed by atoms with Gasteiger partial charge in [0.2, 0.25) is 5.65 Å². The van der Waals surface area contributed by atoms with Gasteiger partial charge >= 0.3 is 19.5 Å². The van der Waals surface area contributed by atoms with E-state index >= 15 is 0 Å². The van der Waals surface area contributed by atoms with Gasteiger partial charge in [-0.2, -0.15) is 13.5 Å². The highest BCUT2D eigenvalue weighted by atomic mass is 32.1. The lowest BCUT2D eigenvalue weighted by molar-refractivity contribution is 0.180. The van der Waals surface area contributed by atoms with Crippen LogP contribution in [0.4, 0.5) is 0 Å². The van der Waals surface area contributed by atoms with E-state index in [9.17, 15) is 14.2 Å². The average molecular weight is 276 g/mol. The lowest BCUT2D eigenvalue weighted by atomic mass is 10.5. The molecule has 1 atom stereocenters. The summed E-state index contributed by atoms with van der Waals surface area (Å²) in [5.41, 5.74) is -1.98. The molecular weight excluding hydrogens is 275 g/mol. The van der Waals surface area contributed by atoms with Gasteiger partial charge in [0.05, 0.1) is 0 Å². The molecular formula is C5HN4O6PS. The molecule has 3 aliphatic rings. The minimum atomic E-state index is -3.99. The fraction of sp³-hybridized carbons (Fsp3) is 0. The molecule has 0 saturated heterocycles. The Labute approximate surface area is 96.0 Å². The molecule has 1 unspecified atom stereocenters. The van der Waals surface area contributed by atoms with Gasteiger partial charge in [-0.15, -0.1) is 4.73 Å². The van der Waals surface area contributed by atoms with Crippen LogP contribution in [-0.4, -0.2) is 18.4 Å². The number of aromatic nitrogens is 4. The highest BCUT2D eigenvalue weighted by Gasteiger charge is 2.49. The van der Waals surface area contributed by atoms with Gasteiger partial charge in [-0.05, 0) is 0 Å². The van der Waals surface area contributed by atoms with Gasteiger partial charge in [-0.25, -0.2) is 4.79 Å². The molecule has 0 aliphatic carbocycles. The molecule has 5 rings (SSSR count). The van der Waals surface area contributed by atoms with Crippen LogP contribution < -0.4 is 25.0 Å². The predicted octanol–water partition coefficient (Wildman–Crippen LogP) is -1.58. The Balaban J connectivity index is 2.41. The van der Waals surface area contributed by atoms with Crippen molar-refractivity contribution in [2.24, 2.45) is 0 Å². The van der Waals surface area contributed by atoms with E-state index in [1.165, 1.54) is 0 Å². The predicted molar refractivity (Wildman–Crippen MR) is 54.0 cm³/mol. The van der Waals surface area contributed by atoms with Crippen LogP contribution >= 0.6 is 20.6 Å². The van der Waals surface area contributed by atoms with Gasteiger partial charge in [0.25, 0.3) is 5.56 Å². The summed E-state index contributed by atoms with van der Waals surface area (Å²) in [7, 11) is -3.99. The van der Waals surface area contributed by atoms with Gasteiger partial charge in [-0.1, -0.05) is 17.5 Å². The van der Waals surface area contributed by atoms with Gasteiger partial charge in [-0.3, -0.25) is 14.0 Å². The maximum Gasteiger partial charge on any atom is 0.689 e. The molecule has 10 nitrogen and oxygen atoms in total. The molecule has 6 bridgehead atoms. The first kappa shape index (κ1) is 9.19. The van der Waals surface area contributed by atoms with Crippen molar-refractivity contribution in [2.45, 2.75) is 0 Å². The SMILES string of the molecule is O=c1c2c3nc4n2OP(=O)(O4)On3c(=O)n1S. The van der Waals surface area contributed by atoms with E-state index in [-0.39, 0.29) is 17.2 Å². The van der Waals surface area contributed by atoms with Gasteiger partial charge in [0.1, 0.15) is 0 Å². The molecule has 2 aromatic heterocycles. The zero-order valence-corrected chi connectivity index (χ0v) is 9.42. The van der Waals surface area contributed by atoms with Crippen molar-refractivity contribution in [2.75, 3.05) is 0 Å². The summed E-state index contributed by atoms with van der Waals surface area (Å²) < 4.78 is 28.1. The van der Waals surface area contributed by atoms with E-state index in [0.29, 0.717) is 8.70 Å². The number of nitrogens with zero attached hydrogens (tertiary/aromatic N) is 4. The number of hydrogen-bond acceptors (Lipinski definition) is 8. The van der Waals surface area contributed by atoms with Crippen LogP contribution in [0.2, 0.25) is 0 Å². The van der Waals surface area contributed by atoms with Crippen LogP contribution in [0.1, 0.15) is 0 Å². The molecule has 88 valence electrons. The van der Waals surface area contributed by atoms with E-state index in [2.05, 4.69) is 17.8 Å². The smallest absolute Gasteiger partial charge is 0.346 e.